The summed E-state index contributed by atoms with van der Waals surface area (Å²) in [4.78, 5) is 0. The number of aliphatic hydroxyl groups excluding tert-OH is 1. The van der Waals surface area contributed by atoms with Crippen molar-refractivity contribution < 1.29 is 13.5 Å². The minimum Gasteiger partial charge on any atom is -0.394 e. The van der Waals surface area contributed by atoms with Crippen LogP contribution in [0.5, 0.6) is 0 Å². The van der Waals surface area contributed by atoms with Crippen molar-refractivity contribution in [3.05, 3.63) is 0 Å². The fraction of sp³-hybridized carbons (Fsp3) is 1.00. The molecule has 0 aromatic heterocycles. The van der Waals surface area contributed by atoms with E-state index in [-0.39, 0.29) is 17.9 Å². The minimum absolute atomic E-state index is 0.0709. The predicted molar refractivity (Wildman–Crippen MR) is 69.8 cm³/mol. The number of hydrogen-bond donors (Lipinski definition) is 2. The lowest BCUT2D eigenvalue weighted by atomic mass is 9.76. The SMILES string of the molecule is CC(CO)(NCCS(C)(=O)=O)C1CCCCC1. The summed E-state index contributed by atoms with van der Waals surface area (Å²) in [6.07, 6.45) is 7.21. The lowest BCUT2D eigenvalue weighted by Crippen LogP contribution is -2.53. The normalized spacial score (nSPS) is 22.3. The molecular weight excluding hydrogens is 238 g/mol. The van der Waals surface area contributed by atoms with Gasteiger partial charge in [-0.25, -0.2) is 8.42 Å². The van der Waals surface area contributed by atoms with Gasteiger partial charge in [-0.15, -0.1) is 0 Å². The van der Waals surface area contributed by atoms with Crippen molar-refractivity contribution in [3.8, 4) is 0 Å². The molecule has 102 valence electrons. The summed E-state index contributed by atoms with van der Waals surface area (Å²) < 4.78 is 22.2. The first kappa shape index (κ1) is 14.9. The molecular formula is C12H25NO3S. The molecule has 0 spiro atoms. The zero-order valence-electron chi connectivity index (χ0n) is 10.9. The van der Waals surface area contributed by atoms with Crippen LogP contribution < -0.4 is 5.32 Å². The smallest absolute Gasteiger partial charge is 0.148 e. The quantitative estimate of drug-likeness (QED) is 0.749. The highest BCUT2D eigenvalue weighted by atomic mass is 32.2. The van der Waals surface area contributed by atoms with Crippen molar-refractivity contribution in [2.45, 2.75) is 44.6 Å². The van der Waals surface area contributed by atoms with E-state index in [4.69, 9.17) is 0 Å². The van der Waals surface area contributed by atoms with Gasteiger partial charge in [0.05, 0.1) is 12.4 Å². The molecule has 0 bridgehead atoms. The molecule has 4 nitrogen and oxygen atoms in total. The Morgan fingerprint density at radius 1 is 1.29 bits per heavy atom. The number of sulfone groups is 1. The summed E-state index contributed by atoms with van der Waals surface area (Å²) >= 11 is 0. The molecule has 2 N–H and O–H groups in total. The molecule has 0 aliphatic heterocycles. The average molecular weight is 263 g/mol. The Labute approximate surface area is 105 Å². The fourth-order valence-electron chi connectivity index (χ4n) is 2.59. The van der Waals surface area contributed by atoms with E-state index in [0.29, 0.717) is 12.5 Å². The molecule has 0 heterocycles. The molecule has 1 aliphatic carbocycles. The van der Waals surface area contributed by atoms with Gasteiger partial charge < -0.3 is 10.4 Å². The molecule has 0 aromatic rings. The van der Waals surface area contributed by atoms with Crippen LogP contribution in [0.25, 0.3) is 0 Å². The van der Waals surface area contributed by atoms with E-state index in [2.05, 4.69) is 5.32 Å². The maximum Gasteiger partial charge on any atom is 0.148 e. The first-order valence-electron chi connectivity index (χ1n) is 6.41. The van der Waals surface area contributed by atoms with Gasteiger partial charge in [0, 0.05) is 18.3 Å². The van der Waals surface area contributed by atoms with E-state index in [1.165, 1.54) is 25.5 Å². The Bertz CT molecular complexity index is 323. The summed E-state index contributed by atoms with van der Waals surface area (Å²) in [6, 6.07) is 0. The fourth-order valence-corrected chi connectivity index (χ4v) is 3.06. The Hall–Kier alpha value is -0.130. The van der Waals surface area contributed by atoms with Crippen LogP contribution in [0.15, 0.2) is 0 Å². The van der Waals surface area contributed by atoms with E-state index >= 15 is 0 Å². The van der Waals surface area contributed by atoms with Crippen LogP contribution in [0.2, 0.25) is 0 Å². The lowest BCUT2D eigenvalue weighted by Gasteiger charge is -2.39. The minimum atomic E-state index is -2.93. The van der Waals surface area contributed by atoms with Gasteiger partial charge >= 0.3 is 0 Å². The first-order chi connectivity index (χ1) is 7.87. The zero-order valence-corrected chi connectivity index (χ0v) is 11.7. The monoisotopic (exact) mass is 263 g/mol. The summed E-state index contributed by atoms with van der Waals surface area (Å²) in [6.45, 7) is 2.50. The van der Waals surface area contributed by atoms with E-state index in [9.17, 15) is 13.5 Å². The molecule has 1 rings (SSSR count). The van der Waals surface area contributed by atoms with Gasteiger partial charge in [-0.1, -0.05) is 19.3 Å². The van der Waals surface area contributed by atoms with Crippen LogP contribution in [-0.4, -0.2) is 44.2 Å². The number of rotatable bonds is 6. The Kier molecular flexibility index (Phi) is 5.41. The van der Waals surface area contributed by atoms with E-state index in [1.807, 2.05) is 6.92 Å². The summed E-state index contributed by atoms with van der Waals surface area (Å²) in [7, 11) is -2.93. The lowest BCUT2D eigenvalue weighted by molar-refractivity contribution is 0.0971. The molecule has 1 fully saturated rings. The maximum atomic E-state index is 11.1. The van der Waals surface area contributed by atoms with E-state index < -0.39 is 9.84 Å². The van der Waals surface area contributed by atoms with Crippen molar-refractivity contribution in [2.24, 2.45) is 5.92 Å². The van der Waals surface area contributed by atoms with Crippen LogP contribution in [-0.2, 0) is 9.84 Å². The summed E-state index contributed by atoms with van der Waals surface area (Å²) in [5.74, 6) is 0.593. The molecule has 17 heavy (non-hydrogen) atoms. The van der Waals surface area contributed by atoms with Crippen molar-refractivity contribution >= 4 is 9.84 Å². The zero-order chi connectivity index (χ0) is 12.9. The van der Waals surface area contributed by atoms with Crippen molar-refractivity contribution in [3.63, 3.8) is 0 Å². The van der Waals surface area contributed by atoms with Gasteiger partial charge in [-0.2, -0.15) is 0 Å². The number of aliphatic hydroxyl groups is 1. The number of hydrogen-bond acceptors (Lipinski definition) is 4. The molecule has 1 unspecified atom stereocenters. The van der Waals surface area contributed by atoms with Crippen LogP contribution in [0.3, 0.4) is 0 Å². The topological polar surface area (TPSA) is 66.4 Å². The molecule has 1 atom stereocenters. The van der Waals surface area contributed by atoms with E-state index in [0.717, 1.165) is 12.8 Å². The highest BCUT2D eigenvalue weighted by molar-refractivity contribution is 7.90. The second-order valence-corrected chi connectivity index (χ2v) is 7.73. The number of nitrogens with one attached hydrogen (secondary N) is 1. The third-order valence-electron chi connectivity index (χ3n) is 3.84. The molecule has 5 heteroatoms. The van der Waals surface area contributed by atoms with Gasteiger partial charge in [-0.3, -0.25) is 0 Å². The second kappa shape index (κ2) is 6.16. The summed E-state index contributed by atoms with van der Waals surface area (Å²) in [5.41, 5.74) is -0.328. The third-order valence-corrected chi connectivity index (χ3v) is 4.78. The Morgan fingerprint density at radius 3 is 2.35 bits per heavy atom. The highest BCUT2D eigenvalue weighted by Crippen LogP contribution is 2.32. The molecule has 1 saturated carbocycles. The third kappa shape index (κ3) is 4.94. The van der Waals surface area contributed by atoms with Crippen LogP contribution >= 0.6 is 0 Å². The maximum absolute atomic E-state index is 11.1. The predicted octanol–water partition coefficient (Wildman–Crippen LogP) is 0.952. The van der Waals surface area contributed by atoms with Crippen LogP contribution in [0.1, 0.15) is 39.0 Å². The van der Waals surface area contributed by atoms with Gasteiger partial charge in [0.25, 0.3) is 0 Å². The van der Waals surface area contributed by atoms with Gasteiger partial charge in [-0.05, 0) is 25.7 Å². The molecule has 1 aliphatic rings. The molecule has 0 radical (unpaired) electrons. The first-order valence-corrected chi connectivity index (χ1v) is 8.47. The Balaban J connectivity index is 2.49. The average Bonchev–Trinajstić information content (AvgIpc) is 2.28. The van der Waals surface area contributed by atoms with Gasteiger partial charge in [0.1, 0.15) is 9.84 Å². The van der Waals surface area contributed by atoms with Gasteiger partial charge in [0.2, 0.25) is 0 Å². The van der Waals surface area contributed by atoms with Crippen LogP contribution in [0.4, 0.5) is 0 Å². The van der Waals surface area contributed by atoms with Gasteiger partial charge in [0.15, 0.2) is 0 Å². The van der Waals surface area contributed by atoms with Crippen molar-refractivity contribution in [1.29, 1.82) is 0 Å². The summed E-state index contributed by atoms with van der Waals surface area (Å²) in [5, 5.41) is 12.8. The van der Waals surface area contributed by atoms with E-state index in [1.54, 1.807) is 0 Å². The van der Waals surface area contributed by atoms with Crippen LogP contribution in [0, 0.1) is 5.92 Å². The standard InChI is InChI=1S/C12H25NO3S/c1-12(10-14,11-6-4-3-5-7-11)13-8-9-17(2,15)16/h11,13-14H,3-10H2,1-2H3. The molecule has 0 aromatic carbocycles. The van der Waals surface area contributed by atoms with Crippen molar-refractivity contribution in [2.75, 3.05) is 25.2 Å². The molecule has 0 amide bonds. The molecule has 0 saturated heterocycles. The Morgan fingerprint density at radius 2 is 1.88 bits per heavy atom. The second-order valence-electron chi connectivity index (χ2n) is 5.47. The van der Waals surface area contributed by atoms with Crippen molar-refractivity contribution in [1.82, 2.24) is 5.32 Å². The largest absolute Gasteiger partial charge is 0.394 e. The highest BCUT2D eigenvalue weighted by Gasteiger charge is 2.33.